The molecule has 0 aliphatic carbocycles. The summed E-state index contributed by atoms with van der Waals surface area (Å²) in [7, 11) is 0. The lowest BCUT2D eigenvalue weighted by molar-refractivity contribution is -0.146. The van der Waals surface area contributed by atoms with Gasteiger partial charge in [-0.3, -0.25) is 9.79 Å². The average molecular weight is 523 g/mol. The first-order valence-electron chi connectivity index (χ1n) is 11.8. The standard InChI is InChI=1S/C28H27ClN2O4S/c1-5-34-27(32)23-16(3)30-17(4)24(28(33)35-6-2)25(23)19-8-7-9-20(14-19)26-31-22(15-36-26)18-10-12-21(29)13-11-18/h7-15,23,25H,5-6H2,1-4H3. The van der Waals surface area contributed by atoms with Gasteiger partial charge in [-0.1, -0.05) is 41.9 Å². The summed E-state index contributed by atoms with van der Waals surface area (Å²) >= 11 is 7.55. The zero-order valence-electron chi connectivity index (χ0n) is 20.6. The molecule has 1 aromatic heterocycles. The Bertz CT molecular complexity index is 1340. The Morgan fingerprint density at radius 3 is 2.42 bits per heavy atom. The first-order chi connectivity index (χ1) is 17.3. The number of halogens is 1. The van der Waals surface area contributed by atoms with Gasteiger partial charge in [-0.15, -0.1) is 11.3 Å². The average Bonchev–Trinajstić information content (AvgIpc) is 3.35. The van der Waals surface area contributed by atoms with Crippen molar-refractivity contribution >= 4 is 40.6 Å². The lowest BCUT2D eigenvalue weighted by Gasteiger charge is -2.31. The summed E-state index contributed by atoms with van der Waals surface area (Å²) in [6.07, 6.45) is 0. The van der Waals surface area contributed by atoms with Gasteiger partial charge in [0.05, 0.1) is 24.5 Å². The monoisotopic (exact) mass is 522 g/mol. The summed E-state index contributed by atoms with van der Waals surface area (Å²) in [6.45, 7) is 7.54. The Hall–Kier alpha value is -3.29. The lowest BCUT2D eigenvalue weighted by Crippen LogP contribution is -2.36. The van der Waals surface area contributed by atoms with Gasteiger partial charge in [0.1, 0.15) is 10.9 Å². The van der Waals surface area contributed by atoms with E-state index in [0.717, 1.165) is 27.4 Å². The highest BCUT2D eigenvalue weighted by atomic mass is 35.5. The van der Waals surface area contributed by atoms with Crippen molar-refractivity contribution in [2.75, 3.05) is 13.2 Å². The largest absolute Gasteiger partial charge is 0.465 e. The van der Waals surface area contributed by atoms with E-state index in [1.807, 2.05) is 53.9 Å². The van der Waals surface area contributed by atoms with Gasteiger partial charge in [-0.05, 0) is 51.5 Å². The highest BCUT2D eigenvalue weighted by molar-refractivity contribution is 7.13. The summed E-state index contributed by atoms with van der Waals surface area (Å²) in [5.74, 6) is -2.21. The number of carbonyl (C=O) groups excluding carboxylic acids is 2. The van der Waals surface area contributed by atoms with Crippen LogP contribution in [0.3, 0.4) is 0 Å². The third kappa shape index (κ3) is 5.27. The van der Waals surface area contributed by atoms with Crippen LogP contribution in [0.5, 0.6) is 0 Å². The van der Waals surface area contributed by atoms with Gasteiger partial charge in [0, 0.05) is 38.9 Å². The van der Waals surface area contributed by atoms with E-state index in [4.69, 9.17) is 26.1 Å². The van der Waals surface area contributed by atoms with E-state index < -0.39 is 23.8 Å². The van der Waals surface area contributed by atoms with Crippen molar-refractivity contribution in [2.24, 2.45) is 10.9 Å². The summed E-state index contributed by atoms with van der Waals surface area (Å²) in [4.78, 5) is 35.5. The molecular weight excluding hydrogens is 496 g/mol. The predicted octanol–water partition coefficient (Wildman–Crippen LogP) is 6.71. The summed E-state index contributed by atoms with van der Waals surface area (Å²) in [6, 6.07) is 15.3. The number of aromatic nitrogens is 1. The first kappa shape index (κ1) is 25.8. The molecule has 0 radical (unpaired) electrons. The smallest absolute Gasteiger partial charge is 0.336 e. The van der Waals surface area contributed by atoms with Gasteiger partial charge in [0.25, 0.3) is 0 Å². The Labute approximate surface area is 219 Å². The number of carbonyl (C=O) groups is 2. The summed E-state index contributed by atoms with van der Waals surface area (Å²) in [5.41, 5.74) is 5.04. The van der Waals surface area contributed by atoms with Gasteiger partial charge < -0.3 is 9.47 Å². The molecule has 8 heteroatoms. The highest BCUT2D eigenvalue weighted by Gasteiger charge is 2.42. The van der Waals surface area contributed by atoms with Gasteiger partial charge in [-0.2, -0.15) is 0 Å². The van der Waals surface area contributed by atoms with Crippen molar-refractivity contribution in [3.8, 4) is 21.8 Å². The van der Waals surface area contributed by atoms with E-state index in [0.29, 0.717) is 22.0 Å². The molecule has 2 aromatic carbocycles. The first-order valence-corrected chi connectivity index (χ1v) is 13.0. The molecular formula is C28H27ClN2O4S. The van der Waals surface area contributed by atoms with Gasteiger partial charge in [0.2, 0.25) is 0 Å². The maximum Gasteiger partial charge on any atom is 0.336 e. The third-order valence-corrected chi connectivity index (χ3v) is 7.14. The summed E-state index contributed by atoms with van der Waals surface area (Å²) in [5, 5.41) is 3.50. The van der Waals surface area contributed by atoms with Crippen LogP contribution in [0, 0.1) is 5.92 Å². The molecule has 2 atom stereocenters. The number of rotatable bonds is 7. The van der Waals surface area contributed by atoms with Crippen molar-refractivity contribution in [1.29, 1.82) is 0 Å². The molecule has 2 unspecified atom stereocenters. The van der Waals surface area contributed by atoms with E-state index in [-0.39, 0.29) is 13.2 Å². The zero-order chi connectivity index (χ0) is 25.8. The maximum absolute atomic E-state index is 13.1. The predicted molar refractivity (Wildman–Crippen MR) is 143 cm³/mol. The molecule has 2 heterocycles. The van der Waals surface area contributed by atoms with E-state index in [1.165, 1.54) is 11.3 Å². The molecule has 36 heavy (non-hydrogen) atoms. The van der Waals surface area contributed by atoms with Crippen LogP contribution in [0.15, 0.2) is 70.2 Å². The molecule has 0 spiro atoms. The van der Waals surface area contributed by atoms with Crippen LogP contribution in [-0.4, -0.2) is 35.8 Å². The number of hydrogen-bond donors (Lipinski definition) is 0. The van der Waals surface area contributed by atoms with Crippen molar-refractivity contribution in [3.05, 3.63) is 75.8 Å². The number of benzene rings is 2. The van der Waals surface area contributed by atoms with Crippen molar-refractivity contribution in [2.45, 2.75) is 33.6 Å². The Morgan fingerprint density at radius 1 is 1.00 bits per heavy atom. The van der Waals surface area contributed by atoms with E-state index >= 15 is 0 Å². The molecule has 0 bridgehead atoms. The van der Waals surface area contributed by atoms with Crippen molar-refractivity contribution in [1.82, 2.24) is 4.98 Å². The fraction of sp³-hybridized carbons (Fsp3) is 0.286. The minimum Gasteiger partial charge on any atom is -0.465 e. The number of esters is 2. The molecule has 0 saturated carbocycles. The molecule has 0 N–H and O–H groups in total. The van der Waals surface area contributed by atoms with Crippen LogP contribution in [0.1, 0.15) is 39.2 Å². The van der Waals surface area contributed by atoms with Crippen LogP contribution in [0.4, 0.5) is 0 Å². The quantitative estimate of drug-likeness (QED) is 0.322. The van der Waals surface area contributed by atoms with E-state index in [9.17, 15) is 9.59 Å². The van der Waals surface area contributed by atoms with Gasteiger partial charge >= 0.3 is 11.9 Å². The Kier molecular flexibility index (Phi) is 8.01. The molecule has 6 nitrogen and oxygen atoms in total. The Balaban J connectivity index is 1.78. The van der Waals surface area contributed by atoms with Crippen LogP contribution in [-0.2, 0) is 19.1 Å². The second-order valence-corrected chi connectivity index (χ2v) is 9.64. The maximum atomic E-state index is 13.1. The number of ether oxygens (including phenoxy) is 2. The number of thiazole rings is 1. The van der Waals surface area contributed by atoms with Crippen LogP contribution < -0.4 is 0 Å². The second kappa shape index (κ2) is 11.2. The molecule has 0 saturated heterocycles. The molecule has 4 rings (SSSR count). The van der Waals surface area contributed by atoms with Crippen LogP contribution >= 0.6 is 22.9 Å². The topological polar surface area (TPSA) is 77.8 Å². The fourth-order valence-electron chi connectivity index (χ4n) is 4.43. The van der Waals surface area contributed by atoms with E-state index in [1.54, 1.807) is 27.7 Å². The number of nitrogens with zero attached hydrogens (tertiary/aromatic N) is 2. The SMILES string of the molecule is CCOC(=O)C1=C(C)N=C(C)C(C(=O)OCC)C1c1cccc(-c2nc(-c3ccc(Cl)cc3)cs2)c1. The van der Waals surface area contributed by atoms with Gasteiger partial charge in [-0.25, -0.2) is 9.78 Å². The Morgan fingerprint density at radius 2 is 1.72 bits per heavy atom. The summed E-state index contributed by atoms with van der Waals surface area (Å²) < 4.78 is 10.8. The lowest BCUT2D eigenvalue weighted by atomic mass is 9.75. The zero-order valence-corrected chi connectivity index (χ0v) is 22.2. The minimum absolute atomic E-state index is 0.224. The number of aliphatic imine (C=N–C) groups is 1. The highest BCUT2D eigenvalue weighted by Crippen LogP contribution is 2.41. The van der Waals surface area contributed by atoms with Crippen molar-refractivity contribution < 1.29 is 19.1 Å². The molecule has 0 fully saturated rings. The molecule has 186 valence electrons. The normalized spacial score (nSPS) is 17.5. The fourth-order valence-corrected chi connectivity index (χ4v) is 5.39. The third-order valence-electron chi connectivity index (χ3n) is 6.00. The van der Waals surface area contributed by atoms with Crippen LogP contribution in [0.25, 0.3) is 21.8 Å². The van der Waals surface area contributed by atoms with Gasteiger partial charge in [0.15, 0.2) is 0 Å². The second-order valence-electron chi connectivity index (χ2n) is 8.35. The number of allylic oxidation sites excluding steroid dienone is 1. The van der Waals surface area contributed by atoms with Crippen molar-refractivity contribution in [3.63, 3.8) is 0 Å². The number of hydrogen-bond acceptors (Lipinski definition) is 7. The molecule has 1 aliphatic heterocycles. The molecule has 3 aromatic rings. The molecule has 1 aliphatic rings. The molecule has 0 amide bonds. The van der Waals surface area contributed by atoms with Crippen LogP contribution in [0.2, 0.25) is 5.02 Å². The van der Waals surface area contributed by atoms with E-state index in [2.05, 4.69) is 4.99 Å². The minimum atomic E-state index is -0.732.